The van der Waals surface area contributed by atoms with E-state index in [1.807, 2.05) is 0 Å². The van der Waals surface area contributed by atoms with Gasteiger partial charge in [-0.2, -0.15) is 25.3 Å². The van der Waals surface area contributed by atoms with E-state index in [2.05, 4.69) is 53.5 Å². The Morgan fingerprint density at radius 3 is 1.64 bits per heavy atom. The van der Waals surface area contributed by atoms with Crippen molar-refractivity contribution in [2.75, 3.05) is 32.2 Å². The molecule has 1 N–H and O–H groups in total. The number of halogens is 2. The van der Waals surface area contributed by atoms with Crippen LogP contribution < -0.4 is 0 Å². The van der Waals surface area contributed by atoms with Gasteiger partial charge in [0.05, 0.1) is 19.7 Å². The van der Waals surface area contributed by atoms with Gasteiger partial charge in [0.25, 0.3) is 30.4 Å². The van der Waals surface area contributed by atoms with Crippen LogP contribution in [0.4, 0.5) is 0 Å². The summed E-state index contributed by atoms with van der Waals surface area (Å²) in [5.74, 6) is -1.30. The third kappa shape index (κ3) is 33.1. The molecular formula is C8H17Ag2I2O12S4-. The fourth-order valence-corrected chi connectivity index (χ4v) is 3.99. The minimum absolute atomic E-state index is 0. The van der Waals surface area contributed by atoms with Gasteiger partial charge >= 0.3 is 24.3 Å². The monoisotopic (exact) mass is 901 g/mol. The molecule has 0 aromatic carbocycles. The molecule has 1 rings (SSSR count). The summed E-state index contributed by atoms with van der Waals surface area (Å²) in [5, 5.41) is 0. The van der Waals surface area contributed by atoms with Crippen molar-refractivity contribution in [1.82, 2.24) is 0 Å². The predicted octanol–water partition coefficient (Wildman–Crippen LogP) is 0.304. The van der Waals surface area contributed by atoms with Crippen molar-refractivity contribution in [1.29, 1.82) is 0 Å². The molecule has 1 radical (unpaired) electrons. The van der Waals surface area contributed by atoms with Gasteiger partial charge in [0.15, 0.2) is 6.79 Å². The van der Waals surface area contributed by atoms with E-state index in [1.54, 1.807) is 21.0 Å². The molecule has 1 aliphatic heterocycles. The standard InChI is InChI=1S/C4H8O6S2.C3H7O5S2.CH2I2.2Ag.O/c5-11(6)2-1-3-12(7,8)10-4-9-11;4-9(5)2-1-3-10(6,7)8;2-1-3;;;/h1-4H2;1-3H2,(H,6,7,8);1H2;;;/q;-1;;;;. The maximum atomic E-state index is 10.7. The van der Waals surface area contributed by atoms with E-state index in [9.17, 15) is 33.7 Å². The van der Waals surface area contributed by atoms with Gasteiger partial charge in [-0.3, -0.25) is 4.55 Å². The molecule has 0 bridgehead atoms. The van der Waals surface area contributed by atoms with Crippen molar-refractivity contribution in [2.24, 2.45) is 0 Å². The first-order valence-electron chi connectivity index (χ1n) is 6.24. The van der Waals surface area contributed by atoms with E-state index in [0.29, 0.717) is 0 Å². The molecule has 1 fully saturated rings. The summed E-state index contributed by atoms with van der Waals surface area (Å²) >= 11 is 6.25. The fourth-order valence-electron chi connectivity index (χ4n) is 1.06. The molecule has 0 aromatic rings. The molecule has 0 spiro atoms. The second-order valence-corrected chi connectivity index (χ2v) is 14.5. The summed E-state index contributed by atoms with van der Waals surface area (Å²) in [6, 6.07) is 0. The van der Waals surface area contributed by atoms with Crippen molar-refractivity contribution < 1.29 is 93.3 Å². The quantitative estimate of drug-likeness (QED) is 0.102. The molecule has 0 aliphatic carbocycles. The molecule has 1 saturated heterocycles. The van der Waals surface area contributed by atoms with Gasteiger partial charge in [-0.05, 0) is 6.42 Å². The van der Waals surface area contributed by atoms with Crippen LogP contribution >= 0.6 is 45.2 Å². The average molecular weight is 903 g/mol. The third-order valence-electron chi connectivity index (χ3n) is 1.96. The molecule has 0 atom stereocenters. The van der Waals surface area contributed by atoms with Crippen LogP contribution in [0.2, 0.25) is 0 Å². The van der Waals surface area contributed by atoms with Gasteiger partial charge in [-0.1, -0.05) is 68.1 Å². The zero-order valence-corrected chi connectivity index (χ0v) is 24.1. The van der Waals surface area contributed by atoms with Crippen LogP contribution in [0.1, 0.15) is 12.8 Å². The third-order valence-corrected chi connectivity index (χ3v) is 5.87. The van der Waals surface area contributed by atoms with Crippen LogP contribution in [0.25, 0.3) is 0 Å². The molecule has 1 aliphatic rings. The molecule has 0 unspecified atom stereocenters. The van der Waals surface area contributed by atoms with Crippen molar-refractivity contribution in [3.63, 3.8) is 0 Å². The molecule has 182 valence electrons. The van der Waals surface area contributed by atoms with Gasteiger partial charge < -0.3 is 8.42 Å². The first kappa shape index (κ1) is 37.7. The van der Waals surface area contributed by atoms with Crippen molar-refractivity contribution in [3.05, 3.63) is 0 Å². The zero-order chi connectivity index (χ0) is 22.1. The van der Waals surface area contributed by atoms with Gasteiger partial charge in [0.1, 0.15) is 0 Å². The van der Waals surface area contributed by atoms with Crippen LogP contribution in [-0.4, -0.2) is 62.0 Å². The Morgan fingerprint density at radius 2 is 1.36 bits per heavy atom. The van der Waals surface area contributed by atoms with E-state index in [0.717, 1.165) is 0 Å². The van der Waals surface area contributed by atoms with Crippen LogP contribution in [0.15, 0.2) is 0 Å². The van der Waals surface area contributed by atoms with Crippen LogP contribution in [-0.2, 0) is 105 Å². The van der Waals surface area contributed by atoms with Gasteiger partial charge in [-0.25, -0.2) is 8.37 Å². The molecule has 0 saturated carbocycles. The average Bonchev–Trinajstić information content (AvgIpc) is 2.47. The molecule has 28 heavy (non-hydrogen) atoms. The minimum atomic E-state index is -3.99. The van der Waals surface area contributed by atoms with Crippen molar-refractivity contribution in [2.45, 2.75) is 12.8 Å². The summed E-state index contributed by atoms with van der Waals surface area (Å²) in [5.41, 5.74) is 0. The van der Waals surface area contributed by atoms with Gasteiger partial charge in [-0.15, -0.1) is 0 Å². The summed E-state index contributed by atoms with van der Waals surface area (Å²) in [4.78, 5) is 0. The molecule has 20 heteroatoms. The van der Waals surface area contributed by atoms with E-state index >= 15 is 0 Å². The Kier molecular flexibility index (Phi) is 28.7. The zero-order valence-electron chi connectivity index (χ0n) is 13.6. The second kappa shape index (κ2) is 21.3. The number of alkyl halides is 2. The Morgan fingerprint density at radius 1 is 1.00 bits per heavy atom. The topological polar surface area (TPSA) is 192 Å². The molecule has 1 heterocycles. The predicted molar refractivity (Wildman–Crippen MR) is 107 cm³/mol. The van der Waals surface area contributed by atoms with Gasteiger partial charge in [0, 0.05) is 22.4 Å². The van der Waals surface area contributed by atoms with Crippen LogP contribution in [0, 0.1) is 0 Å². The first-order chi connectivity index (χ1) is 12.2. The molecule has 0 aromatic heterocycles. The van der Waals surface area contributed by atoms with E-state index in [1.165, 1.54) is 2.43 Å². The van der Waals surface area contributed by atoms with Crippen molar-refractivity contribution >= 4 is 86.2 Å². The van der Waals surface area contributed by atoms with E-state index in [4.69, 9.17) is 7.80 Å². The van der Waals surface area contributed by atoms with Crippen LogP contribution in [0.5, 0.6) is 0 Å². The maximum absolute atomic E-state index is 10.7. The first-order valence-corrected chi connectivity index (χ1v) is 15.9. The van der Waals surface area contributed by atoms with E-state index < -0.39 is 53.6 Å². The van der Waals surface area contributed by atoms with E-state index in [-0.39, 0.29) is 52.5 Å². The van der Waals surface area contributed by atoms with Crippen molar-refractivity contribution in [3.8, 4) is 0 Å². The van der Waals surface area contributed by atoms with Crippen LogP contribution in [0.3, 0.4) is 0 Å². The molecular weight excluding hydrogens is 886 g/mol. The summed E-state index contributed by atoms with van der Waals surface area (Å²) < 4.78 is 108. The Hall–Kier alpha value is 2.42. The Labute approximate surface area is 221 Å². The van der Waals surface area contributed by atoms with Gasteiger partial charge in [0.2, 0.25) is 0 Å². The molecule has 0 amide bonds. The number of hydrogen-bond acceptors (Lipinski definition) is 12. The summed E-state index contributed by atoms with van der Waals surface area (Å²) in [6.45, 7) is -0.745. The second-order valence-electron chi connectivity index (χ2n) is 3.98. The Bertz CT molecular complexity index is 701. The summed E-state index contributed by atoms with van der Waals surface area (Å²) in [7, 11) is -13.4. The number of rotatable bonds is 4. The Balaban J connectivity index is -0.000000164. The molecule has 12 nitrogen and oxygen atoms in total. The number of hydrogen-bond donors (Lipinski definition) is 1. The normalized spacial score (nSPS) is 17.5. The SMILES string of the molecule is ICI.O=S1(=O)CCCS(=O)(=O)OCO1.O=[S-](=O)CCCS(=O)(=O)O.[Ag].[O]=[Ag]. The summed E-state index contributed by atoms with van der Waals surface area (Å²) in [6.07, 6.45) is -0.0559. The fraction of sp³-hybridized carbons (Fsp3) is 1.00.